The van der Waals surface area contributed by atoms with Crippen LogP contribution in [0.1, 0.15) is 47.1 Å². The van der Waals surface area contributed by atoms with E-state index < -0.39 is 44.0 Å². The van der Waals surface area contributed by atoms with Crippen LogP contribution in [0.2, 0.25) is 0 Å². The first-order valence-electron chi connectivity index (χ1n) is 12.6. The fourth-order valence-corrected chi connectivity index (χ4v) is 4.67. The van der Waals surface area contributed by atoms with Crippen LogP contribution in [0.25, 0.3) is 11.0 Å². The summed E-state index contributed by atoms with van der Waals surface area (Å²) in [5.41, 5.74) is 0.954. The Balaban J connectivity index is 1.73. The fraction of sp³-hybridized carbons (Fsp3) is 0.429. The van der Waals surface area contributed by atoms with E-state index in [2.05, 4.69) is 10.3 Å². The quantitative estimate of drug-likeness (QED) is 0.188. The van der Waals surface area contributed by atoms with Crippen molar-refractivity contribution in [1.82, 2.24) is 9.55 Å². The summed E-state index contributed by atoms with van der Waals surface area (Å²) in [6.45, 7) is 8.93. The number of anilines is 2. The lowest BCUT2D eigenvalue weighted by Crippen LogP contribution is -2.24. The number of pyridine rings is 2. The van der Waals surface area contributed by atoms with Gasteiger partial charge in [0.25, 0.3) is 5.56 Å². The lowest BCUT2D eigenvalue weighted by atomic mass is 9.98. The van der Waals surface area contributed by atoms with Gasteiger partial charge < -0.3 is 14.8 Å². The van der Waals surface area contributed by atoms with Crippen molar-refractivity contribution < 1.29 is 32.7 Å². The monoisotopic (exact) mass is 573 g/mol. The molecule has 0 aliphatic rings. The smallest absolute Gasteiger partial charge is 0.340 e. The highest BCUT2D eigenvalue weighted by Gasteiger charge is 2.30. The van der Waals surface area contributed by atoms with Crippen molar-refractivity contribution in [3.05, 3.63) is 64.6 Å². The minimum Gasteiger partial charge on any atom is -0.438 e. The van der Waals surface area contributed by atoms with Gasteiger partial charge in [-0.25, -0.2) is 4.98 Å². The third kappa shape index (κ3) is 8.24. The van der Waals surface area contributed by atoms with Gasteiger partial charge in [0.15, 0.2) is 0 Å². The summed E-state index contributed by atoms with van der Waals surface area (Å²) < 4.78 is 36.0. The van der Waals surface area contributed by atoms with Crippen LogP contribution < -0.4 is 10.9 Å². The highest BCUT2D eigenvalue weighted by atomic mass is 31.2. The normalized spacial score (nSPS) is 12.3. The number of ether oxygens (including phenoxy) is 2. The van der Waals surface area contributed by atoms with E-state index in [1.54, 1.807) is 91.2 Å². The maximum absolute atomic E-state index is 13.5. The number of esters is 2. The number of hydrogen-bond donors (Lipinski definition) is 1. The molecule has 12 heteroatoms. The van der Waals surface area contributed by atoms with Crippen LogP contribution in [0.5, 0.6) is 0 Å². The van der Waals surface area contributed by atoms with E-state index in [1.165, 1.54) is 10.6 Å². The first-order valence-corrected chi connectivity index (χ1v) is 14.4. The Labute approximate surface area is 233 Å². The number of aryl methyl sites for hydroxylation is 1. The van der Waals surface area contributed by atoms with Crippen LogP contribution in [0, 0.1) is 10.8 Å². The van der Waals surface area contributed by atoms with Crippen molar-refractivity contribution in [2.45, 2.75) is 47.7 Å². The van der Waals surface area contributed by atoms with Crippen molar-refractivity contribution in [2.75, 3.05) is 18.9 Å². The molecule has 0 atom stereocenters. The molecule has 1 N–H and O–H groups in total. The fourth-order valence-electron chi connectivity index (χ4n) is 3.33. The summed E-state index contributed by atoms with van der Waals surface area (Å²) in [7, 11) is -2.24. The molecule has 0 amide bonds. The lowest BCUT2D eigenvalue weighted by Gasteiger charge is -2.22. The molecule has 3 rings (SSSR count). The molecule has 2 aromatic heterocycles. The second-order valence-corrected chi connectivity index (χ2v) is 13.3. The van der Waals surface area contributed by atoms with Crippen molar-refractivity contribution in [3.63, 3.8) is 0 Å². The van der Waals surface area contributed by atoms with E-state index in [-0.39, 0.29) is 11.7 Å². The molecule has 11 nitrogen and oxygen atoms in total. The second kappa shape index (κ2) is 12.3. The highest BCUT2D eigenvalue weighted by molar-refractivity contribution is 7.53. The molecule has 2 heterocycles. The van der Waals surface area contributed by atoms with E-state index in [0.717, 1.165) is 16.8 Å². The Hall–Kier alpha value is -3.53. The van der Waals surface area contributed by atoms with Gasteiger partial charge in [-0.2, -0.15) is 0 Å². The van der Waals surface area contributed by atoms with Gasteiger partial charge in [0, 0.05) is 30.4 Å². The van der Waals surface area contributed by atoms with Gasteiger partial charge in [-0.3, -0.25) is 32.6 Å². The number of hydrogen-bond acceptors (Lipinski definition) is 10. The van der Waals surface area contributed by atoms with Crippen LogP contribution in [0.4, 0.5) is 11.4 Å². The number of rotatable bonds is 10. The largest absolute Gasteiger partial charge is 0.438 e. The van der Waals surface area contributed by atoms with Gasteiger partial charge in [0.05, 0.1) is 22.7 Å². The Kier molecular flexibility index (Phi) is 9.56. The Morgan fingerprint density at radius 3 is 1.95 bits per heavy atom. The van der Waals surface area contributed by atoms with Crippen molar-refractivity contribution in [3.8, 4) is 0 Å². The molecule has 0 saturated carbocycles. The van der Waals surface area contributed by atoms with Gasteiger partial charge in [0.1, 0.15) is 5.65 Å². The molecule has 40 heavy (non-hydrogen) atoms. The summed E-state index contributed by atoms with van der Waals surface area (Å²) >= 11 is 0. The number of nitrogens with zero attached hydrogens (tertiary/aromatic N) is 2. The van der Waals surface area contributed by atoms with Gasteiger partial charge in [-0.15, -0.1) is 0 Å². The van der Waals surface area contributed by atoms with Crippen molar-refractivity contribution >= 4 is 41.9 Å². The molecule has 0 fully saturated rings. The van der Waals surface area contributed by atoms with Crippen molar-refractivity contribution in [2.24, 2.45) is 17.9 Å². The average molecular weight is 574 g/mol. The number of fused-ring (bicyclic) bond motifs is 1. The summed E-state index contributed by atoms with van der Waals surface area (Å²) in [6, 6.07) is 12.0. The third-order valence-corrected chi connectivity index (χ3v) is 7.47. The summed E-state index contributed by atoms with van der Waals surface area (Å²) in [4.78, 5) is 40.4. The molecular weight excluding hydrogens is 537 g/mol. The molecule has 0 bridgehead atoms. The Bertz CT molecular complexity index is 1430. The molecule has 0 saturated heterocycles. The van der Waals surface area contributed by atoms with Gasteiger partial charge >= 0.3 is 19.5 Å². The molecule has 0 radical (unpaired) electrons. The molecule has 216 valence electrons. The molecule has 0 spiro atoms. The van der Waals surface area contributed by atoms with E-state index in [4.69, 9.17) is 18.5 Å². The SMILES string of the molecule is Cn1c(=O)ccc2c(Nc3ccc(CP(=O)(OCOC(=O)C(C)(C)C)OCOC(=O)C(C)(C)C)cc3)ccnc21. The molecule has 0 aliphatic heterocycles. The number of aromatic nitrogens is 2. The summed E-state index contributed by atoms with van der Waals surface area (Å²) in [5, 5.41) is 4.08. The van der Waals surface area contributed by atoms with Crippen LogP contribution in [-0.4, -0.2) is 35.1 Å². The standard InChI is InChI=1S/C28H36N3O8P/c1-27(2,3)25(33)36-17-38-40(35,39-18-37-26(34)28(4,5)6)16-19-8-10-20(11-9-19)30-22-14-15-29-24-21(22)12-13-23(32)31(24)7/h8-15H,16-18H2,1-7H3,(H,29,30). The maximum Gasteiger partial charge on any atom is 0.340 e. The first kappa shape index (κ1) is 31.0. The summed E-state index contributed by atoms with van der Waals surface area (Å²) in [5.74, 6) is -1.06. The van der Waals surface area contributed by atoms with Gasteiger partial charge in [0.2, 0.25) is 13.6 Å². The molecule has 3 aromatic rings. The minimum absolute atomic E-state index is 0.156. The van der Waals surface area contributed by atoms with E-state index in [0.29, 0.717) is 11.2 Å². The number of carbonyl (C=O) groups is 2. The Morgan fingerprint density at radius 2 is 1.43 bits per heavy atom. The maximum atomic E-state index is 13.5. The highest BCUT2D eigenvalue weighted by Crippen LogP contribution is 2.51. The second-order valence-electron chi connectivity index (χ2n) is 11.3. The zero-order valence-corrected chi connectivity index (χ0v) is 24.7. The summed E-state index contributed by atoms with van der Waals surface area (Å²) in [6.07, 6.45) is 1.45. The minimum atomic E-state index is -3.90. The third-order valence-electron chi connectivity index (χ3n) is 5.72. The molecule has 1 aromatic carbocycles. The topological polar surface area (TPSA) is 135 Å². The van der Waals surface area contributed by atoms with Crippen molar-refractivity contribution in [1.29, 1.82) is 0 Å². The van der Waals surface area contributed by atoms with Gasteiger partial charge in [-0.1, -0.05) is 12.1 Å². The van der Waals surface area contributed by atoms with Gasteiger partial charge in [-0.05, 0) is 71.4 Å². The Morgan fingerprint density at radius 1 is 0.875 bits per heavy atom. The number of nitrogens with one attached hydrogen (secondary N) is 1. The molecular formula is C28H36N3O8P. The number of carbonyl (C=O) groups excluding carboxylic acids is 2. The number of benzene rings is 1. The van der Waals surface area contributed by atoms with Crippen LogP contribution in [-0.2, 0) is 45.9 Å². The molecule has 0 aliphatic carbocycles. The van der Waals surface area contributed by atoms with E-state index in [9.17, 15) is 18.9 Å². The predicted octanol–water partition coefficient (Wildman–Crippen LogP) is 5.50. The first-order chi connectivity index (χ1) is 18.6. The molecule has 0 unspecified atom stereocenters. The van der Waals surface area contributed by atoms with E-state index >= 15 is 0 Å². The lowest BCUT2D eigenvalue weighted by molar-refractivity contribution is -0.162. The van der Waals surface area contributed by atoms with Crippen LogP contribution in [0.3, 0.4) is 0 Å². The van der Waals surface area contributed by atoms with Crippen LogP contribution >= 0.6 is 7.60 Å². The van der Waals surface area contributed by atoms with E-state index in [1.807, 2.05) is 0 Å². The zero-order chi connectivity index (χ0) is 29.7. The predicted molar refractivity (Wildman–Crippen MR) is 151 cm³/mol. The average Bonchev–Trinajstić information content (AvgIpc) is 2.86. The van der Waals surface area contributed by atoms with Crippen LogP contribution in [0.15, 0.2) is 53.5 Å². The zero-order valence-electron chi connectivity index (χ0n) is 23.8.